The van der Waals surface area contributed by atoms with Gasteiger partial charge in [-0.1, -0.05) is 6.07 Å². The zero-order valence-electron chi connectivity index (χ0n) is 11.4. The number of aromatic amines is 2. The van der Waals surface area contributed by atoms with Crippen LogP contribution >= 0.6 is 0 Å². The Kier molecular flexibility index (Phi) is 2.79. The van der Waals surface area contributed by atoms with E-state index >= 15 is 0 Å². The third-order valence-electron chi connectivity index (χ3n) is 3.43. The van der Waals surface area contributed by atoms with Crippen molar-refractivity contribution in [1.82, 2.24) is 24.9 Å². The largest absolute Gasteiger partial charge is 0.353 e. The summed E-state index contributed by atoms with van der Waals surface area (Å²) in [5.41, 5.74) is 4.17. The summed E-state index contributed by atoms with van der Waals surface area (Å²) >= 11 is 0. The van der Waals surface area contributed by atoms with Crippen LogP contribution in [0.1, 0.15) is 0 Å². The predicted octanol–water partition coefficient (Wildman–Crippen LogP) is 2.38. The van der Waals surface area contributed by atoms with Gasteiger partial charge in [-0.2, -0.15) is 0 Å². The summed E-state index contributed by atoms with van der Waals surface area (Å²) < 4.78 is 0. The standard InChI is InChI=1S/C16H11N5O/c22-16-9-19-14(8-20-16)10-1-2-12-11(5-10)6-13(21-12)15-7-17-3-4-18-15/h1-9,21H,(H,20,22). The van der Waals surface area contributed by atoms with Crippen LogP contribution in [-0.4, -0.2) is 24.9 Å². The highest BCUT2D eigenvalue weighted by molar-refractivity contribution is 5.88. The van der Waals surface area contributed by atoms with Gasteiger partial charge in [0.05, 0.1) is 23.8 Å². The molecule has 4 rings (SSSR count). The van der Waals surface area contributed by atoms with Gasteiger partial charge in [-0.15, -0.1) is 0 Å². The second-order valence-corrected chi connectivity index (χ2v) is 4.87. The monoisotopic (exact) mass is 289 g/mol. The Bertz CT molecular complexity index is 983. The Balaban J connectivity index is 1.81. The number of benzene rings is 1. The van der Waals surface area contributed by atoms with Gasteiger partial charge in [0.15, 0.2) is 0 Å². The normalized spacial score (nSPS) is 10.9. The van der Waals surface area contributed by atoms with Gasteiger partial charge in [-0.25, -0.2) is 4.98 Å². The SMILES string of the molecule is O=c1cnc(-c2ccc3[nH]c(-c4cnccn4)cc3c2)c[nH]1. The number of nitrogens with zero attached hydrogens (tertiary/aromatic N) is 3. The first-order chi connectivity index (χ1) is 10.8. The molecule has 2 N–H and O–H groups in total. The molecule has 0 aliphatic rings. The van der Waals surface area contributed by atoms with Crippen molar-refractivity contribution in [3.63, 3.8) is 0 Å². The first kappa shape index (κ1) is 12.5. The molecule has 0 amide bonds. The number of rotatable bonds is 2. The predicted molar refractivity (Wildman–Crippen MR) is 83.2 cm³/mol. The maximum absolute atomic E-state index is 11.1. The molecule has 0 saturated carbocycles. The molecule has 0 bridgehead atoms. The van der Waals surface area contributed by atoms with Crippen LogP contribution in [0.5, 0.6) is 0 Å². The molecule has 3 aromatic heterocycles. The summed E-state index contributed by atoms with van der Waals surface area (Å²) in [4.78, 5) is 29.6. The van der Waals surface area contributed by atoms with E-state index < -0.39 is 0 Å². The van der Waals surface area contributed by atoms with Gasteiger partial charge in [-0.05, 0) is 18.2 Å². The molecule has 1 aromatic carbocycles. The first-order valence-corrected chi connectivity index (χ1v) is 6.74. The second-order valence-electron chi connectivity index (χ2n) is 4.87. The van der Waals surface area contributed by atoms with Gasteiger partial charge >= 0.3 is 0 Å². The highest BCUT2D eigenvalue weighted by atomic mass is 16.1. The molecule has 6 nitrogen and oxygen atoms in total. The summed E-state index contributed by atoms with van der Waals surface area (Å²) in [5, 5.41) is 1.05. The molecule has 0 spiro atoms. The zero-order chi connectivity index (χ0) is 14.9. The Morgan fingerprint density at radius 3 is 2.68 bits per heavy atom. The van der Waals surface area contributed by atoms with Crippen molar-refractivity contribution in [1.29, 1.82) is 0 Å². The average Bonchev–Trinajstić information content (AvgIpc) is 2.99. The Hall–Kier alpha value is -3.28. The molecule has 0 aliphatic heterocycles. The summed E-state index contributed by atoms with van der Waals surface area (Å²) in [7, 11) is 0. The van der Waals surface area contributed by atoms with Crippen LogP contribution < -0.4 is 5.56 Å². The summed E-state index contributed by atoms with van der Waals surface area (Å²) in [6.45, 7) is 0. The lowest BCUT2D eigenvalue weighted by molar-refractivity contribution is 1.14. The van der Waals surface area contributed by atoms with E-state index in [0.717, 1.165) is 33.5 Å². The lowest BCUT2D eigenvalue weighted by Crippen LogP contribution is -2.04. The number of fused-ring (bicyclic) bond motifs is 1. The molecule has 4 aromatic rings. The quantitative estimate of drug-likeness (QED) is 0.593. The van der Waals surface area contributed by atoms with Crippen molar-refractivity contribution in [2.24, 2.45) is 0 Å². The molecule has 6 heteroatoms. The molecule has 0 unspecified atom stereocenters. The van der Waals surface area contributed by atoms with E-state index in [-0.39, 0.29) is 5.56 Å². The topological polar surface area (TPSA) is 87.3 Å². The second kappa shape index (κ2) is 4.92. The number of hydrogen-bond acceptors (Lipinski definition) is 4. The first-order valence-electron chi connectivity index (χ1n) is 6.74. The number of nitrogens with one attached hydrogen (secondary N) is 2. The molecule has 22 heavy (non-hydrogen) atoms. The van der Waals surface area contributed by atoms with Crippen LogP contribution in [0.15, 0.2) is 60.0 Å². The third kappa shape index (κ3) is 2.16. The van der Waals surface area contributed by atoms with E-state index in [9.17, 15) is 4.79 Å². The van der Waals surface area contributed by atoms with E-state index in [4.69, 9.17) is 0 Å². The Morgan fingerprint density at radius 1 is 0.955 bits per heavy atom. The van der Waals surface area contributed by atoms with Gasteiger partial charge < -0.3 is 9.97 Å². The zero-order valence-corrected chi connectivity index (χ0v) is 11.4. The third-order valence-corrected chi connectivity index (χ3v) is 3.43. The molecular weight excluding hydrogens is 278 g/mol. The lowest BCUT2D eigenvalue weighted by atomic mass is 10.1. The molecule has 0 radical (unpaired) electrons. The van der Waals surface area contributed by atoms with E-state index in [0.29, 0.717) is 0 Å². The Labute approximate surface area is 124 Å². The van der Waals surface area contributed by atoms with Crippen molar-refractivity contribution in [2.45, 2.75) is 0 Å². The minimum atomic E-state index is -0.212. The van der Waals surface area contributed by atoms with E-state index in [2.05, 4.69) is 24.9 Å². The maximum atomic E-state index is 11.1. The van der Waals surface area contributed by atoms with Gasteiger partial charge in [-0.3, -0.25) is 14.8 Å². The molecule has 0 atom stereocenters. The van der Waals surface area contributed by atoms with Crippen LogP contribution in [-0.2, 0) is 0 Å². The van der Waals surface area contributed by atoms with Crippen molar-refractivity contribution < 1.29 is 0 Å². The van der Waals surface area contributed by atoms with Crippen LogP contribution in [0.3, 0.4) is 0 Å². The van der Waals surface area contributed by atoms with Crippen molar-refractivity contribution in [3.8, 4) is 22.6 Å². The Morgan fingerprint density at radius 2 is 1.91 bits per heavy atom. The fraction of sp³-hybridized carbons (Fsp3) is 0. The maximum Gasteiger partial charge on any atom is 0.266 e. The molecule has 3 heterocycles. The summed E-state index contributed by atoms with van der Waals surface area (Å²) in [6, 6.07) is 7.98. The lowest BCUT2D eigenvalue weighted by Gasteiger charge is -1.99. The molecule has 0 saturated heterocycles. The van der Waals surface area contributed by atoms with E-state index in [1.54, 1.807) is 24.8 Å². The fourth-order valence-electron chi connectivity index (χ4n) is 2.37. The number of aromatic nitrogens is 5. The number of H-pyrrole nitrogens is 2. The highest BCUT2D eigenvalue weighted by Gasteiger charge is 2.07. The van der Waals surface area contributed by atoms with E-state index in [1.807, 2.05) is 24.3 Å². The van der Waals surface area contributed by atoms with Crippen LogP contribution in [0.2, 0.25) is 0 Å². The highest BCUT2D eigenvalue weighted by Crippen LogP contribution is 2.26. The van der Waals surface area contributed by atoms with Crippen molar-refractivity contribution in [2.75, 3.05) is 0 Å². The van der Waals surface area contributed by atoms with Crippen molar-refractivity contribution in [3.05, 3.63) is 65.6 Å². The van der Waals surface area contributed by atoms with E-state index in [1.165, 1.54) is 6.20 Å². The summed E-state index contributed by atoms with van der Waals surface area (Å²) in [6.07, 6.45) is 7.92. The molecule has 0 aliphatic carbocycles. The van der Waals surface area contributed by atoms with Gasteiger partial charge in [0, 0.05) is 35.1 Å². The molecular formula is C16H11N5O. The van der Waals surface area contributed by atoms with Crippen molar-refractivity contribution >= 4 is 10.9 Å². The summed E-state index contributed by atoms with van der Waals surface area (Å²) in [5.74, 6) is 0. The minimum absolute atomic E-state index is 0.212. The smallest absolute Gasteiger partial charge is 0.266 e. The fourth-order valence-corrected chi connectivity index (χ4v) is 2.37. The molecule has 0 fully saturated rings. The van der Waals surface area contributed by atoms with Crippen LogP contribution in [0.25, 0.3) is 33.5 Å². The minimum Gasteiger partial charge on any atom is -0.353 e. The van der Waals surface area contributed by atoms with Gasteiger partial charge in [0.2, 0.25) is 0 Å². The molecule has 106 valence electrons. The van der Waals surface area contributed by atoms with Gasteiger partial charge in [0.25, 0.3) is 5.56 Å². The van der Waals surface area contributed by atoms with Gasteiger partial charge in [0.1, 0.15) is 5.69 Å². The number of hydrogen-bond donors (Lipinski definition) is 2. The average molecular weight is 289 g/mol. The van der Waals surface area contributed by atoms with Crippen LogP contribution in [0.4, 0.5) is 0 Å². The van der Waals surface area contributed by atoms with Crippen LogP contribution in [0, 0.1) is 0 Å².